The number of hydrogen-bond donors (Lipinski definition) is 1. The minimum absolute atomic E-state index is 0.168. The van der Waals surface area contributed by atoms with Gasteiger partial charge in [0.05, 0.1) is 0 Å². The van der Waals surface area contributed by atoms with Crippen molar-refractivity contribution in [2.24, 2.45) is 5.41 Å². The first-order valence-electron chi connectivity index (χ1n) is 5.95. The van der Waals surface area contributed by atoms with Crippen molar-refractivity contribution in [3.05, 3.63) is 24.2 Å². The maximum Gasteiger partial charge on any atom is 0.435 e. The average molecular weight is 270 g/mol. The highest BCUT2D eigenvalue weighted by Crippen LogP contribution is 2.46. The largest absolute Gasteiger partial charge is 0.435 e. The first-order valence-corrected chi connectivity index (χ1v) is 5.95. The van der Waals surface area contributed by atoms with Crippen molar-refractivity contribution in [3.8, 4) is 0 Å². The van der Waals surface area contributed by atoms with Gasteiger partial charge in [-0.2, -0.15) is 18.3 Å². The van der Waals surface area contributed by atoms with Crippen LogP contribution >= 0.6 is 0 Å². The molecule has 0 aliphatic heterocycles. The predicted octanol–water partition coefficient (Wildman–Crippen LogP) is 2.96. The second-order valence-electron chi connectivity index (χ2n) is 5.52. The summed E-state index contributed by atoms with van der Waals surface area (Å²) in [6.07, 6.45) is -0.607. The molecule has 0 spiro atoms. The number of hydrogen-bond acceptors (Lipinski definition) is 3. The normalized spacial score (nSPS) is 21.6. The third-order valence-electron chi connectivity index (χ3n) is 3.50. The summed E-state index contributed by atoms with van der Waals surface area (Å²) in [6.45, 7) is 4.20. The fourth-order valence-electron chi connectivity index (χ4n) is 2.05. The molecule has 1 aliphatic carbocycles. The fourth-order valence-corrected chi connectivity index (χ4v) is 2.05. The van der Waals surface area contributed by atoms with Gasteiger partial charge in [0.1, 0.15) is 5.52 Å². The van der Waals surface area contributed by atoms with E-state index in [2.05, 4.69) is 29.2 Å². The Morgan fingerprint density at radius 1 is 1.42 bits per heavy atom. The highest BCUT2D eigenvalue weighted by Gasteiger charge is 2.46. The first kappa shape index (κ1) is 12.3. The topological polar surface area (TPSA) is 42.2 Å². The molecule has 7 heteroatoms. The van der Waals surface area contributed by atoms with Crippen molar-refractivity contribution < 1.29 is 13.2 Å². The Balaban J connectivity index is 1.99. The van der Waals surface area contributed by atoms with Crippen molar-refractivity contribution in [1.82, 2.24) is 14.6 Å². The molecule has 1 aliphatic rings. The Kier molecular flexibility index (Phi) is 2.33. The number of rotatable bonds is 2. The van der Waals surface area contributed by atoms with Gasteiger partial charge in [-0.3, -0.25) is 0 Å². The van der Waals surface area contributed by atoms with Crippen LogP contribution in [0.2, 0.25) is 0 Å². The third kappa shape index (κ3) is 2.13. The molecule has 2 aromatic rings. The lowest BCUT2D eigenvalue weighted by Crippen LogP contribution is -2.10. The molecule has 1 saturated carbocycles. The summed E-state index contributed by atoms with van der Waals surface area (Å²) < 4.78 is 39.1. The van der Waals surface area contributed by atoms with Gasteiger partial charge >= 0.3 is 6.18 Å². The summed E-state index contributed by atoms with van der Waals surface area (Å²) in [5.74, 6) is 0.445. The minimum atomic E-state index is -4.44. The molecule has 2 heterocycles. The maximum absolute atomic E-state index is 12.6. The third-order valence-corrected chi connectivity index (χ3v) is 3.50. The molecule has 1 N–H and O–H groups in total. The van der Waals surface area contributed by atoms with Crippen LogP contribution in [0.4, 0.5) is 19.0 Å². The zero-order valence-electron chi connectivity index (χ0n) is 10.5. The zero-order valence-corrected chi connectivity index (χ0v) is 10.5. The first-order chi connectivity index (χ1) is 8.77. The molecule has 1 unspecified atom stereocenters. The standard InChI is InChI=1S/C12H13F3N4/c1-11(2)6-9(11)17-10-7-5-8(12(13,14)15)18-19(7)4-3-16-10/h3-5,9H,6H2,1-2H3,(H,16,17). The van der Waals surface area contributed by atoms with Gasteiger partial charge in [-0.1, -0.05) is 13.8 Å². The number of anilines is 1. The summed E-state index contributed by atoms with van der Waals surface area (Å²) in [5, 5.41) is 6.69. The van der Waals surface area contributed by atoms with E-state index in [0.717, 1.165) is 12.5 Å². The van der Waals surface area contributed by atoms with Crippen LogP contribution in [-0.4, -0.2) is 20.6 Å². The molecule has 2 aromatic heterocycles. The molecule has 1 atom stereocenters. The van der Waals surface area contributed by atoms with Gasteiger partial charge in [0.2, 0.25) is 0 Å². The maximum atomic E-state index is 12.6. The van der Waals surface area contributed by atoms with E-state index in [0.29, 0.717) is 11.3 Å². The minimum Gasteiger partial charge on any atom is -0.365 e. The number of fused-ring (bicyclic) bond motifs is 1. The Hall–Kier alpha value is -1.79. The number of halogens is 3. The van der Waals surface area contributed by atoms with Crippen molar-refractivity contribution in [2.45, 2.75) is 32.5 Å². The second-order valence-corrected chi connectivity index (χ2v) is 5.52. The summed E-state index contributed by atoms with van der Waals surface area (Å²) >= 11 is 0. The summed E-state index contributed by atoms with van der Waals surface area (Å²) in [5.41, 5.74) is -0.391. The highest BCUT2D eigenvalue weighted by atomic mass is 19.4. The van der Waals surface area contributed by atoms with E-state index in [1.165, 1.54) is 16.9 Å². The Morgan fingerprint density at radius 3 is 2.68 bits per heavy atom. The van der Waals surface area contributed by atoms with Crippen molar-refractivity contribution in [2.75, 3.05) is 5.32 Å². The summed E-state index contributed by atoms with van der Waals surface area (Å²) in [6, 6.07) is 1.26. The van der Waals surface area contributed by atoms with Crippen LogP contribution in [-0.2, 0) is 6.18 Å². The molecular formula is C12H13F3N4. The number of alkyl halides is 3. The van der Waals surface area contributed by atoms with Crippen molar-refractivity contribution in [3.63, 3.8) is 0 Å². The van der Waals surface area contributed by atoms with Gasteiger partial charge in [0, 0.05) is 24.5 Å². The molecule has 0 bridgehead atoms. The fraction of sp³-hybridized carbons (Fsp3) is 0.500. The molecule has 4 nitrogen and oxygen atoms in total. The SMILES string of the molecule is CC1(C)CC1Nc1nccn2nc(C(F)(F)F)cc12. The monoisotopic (exact) mass is 270 g/mol. The number of aromatic nitrogens is 3. The van der Waals surface area contributed by atoms with Gasteiger partial charge in [-0.15, -0.1) is 0 Å². The van der Waals surface area contributed by atoms with Crippen LogP contribution in [0.25, 0.3) is 5.52 Å². The summed E-state index contributed by atoms with van der Waals surface area (Å²) in [7, 11) is 0. The second kappa shape index (κ2) is 3.61. The van der Waals surface area contributed by atoms with E-state index in [4.69, 9.17) is 0 Å². The number of nitrogens with zero attached hydrogens (tertiary/aromatic N) is 3. The van der Waals surface area contributed by atoms with E-state index < -0.39 is 11.9 Å². The average Bonchev–Trinajstić information content (AvgIpc) is 2.75. The lowest BCUT2D eigenvalue weighted by Gasteiger charge is -2.08. The number of nitrogens with one attached hydrogen (secondary N) is 1. The van der Waals surface area contributed by atoms with E-state index in [9.17, 15) is 13.2 Å². The van der Waals surface area contributed by atoms with Gasteiger partial charge in [-0.05, 0) is 11.8 Å². The molecule has 0 saturated heterocycles. The molecule has 0 radical (unpaired) electrons. The van der Waals surface area contributed by atoms with Crippen LogP contribution in [0, 0.1) is 5.41 Å². The predicted molar refractivity (Wildman–Crippen MR) is 63.8 cm³/mol. The molecule has 3 rings (SSSR count). The lowest BCUT2D eigenvalue weighted by molar-refractivity contribution is -0.141. The van der Waals surface area contributed by atoms with Gasteiger partial charge in [-0.25, -0.2) is 9.50 Å². The lowest BCUT2D eigenvalue weighted by atomic mass is 10.2. The highest BCUT2D eigenvalue weighted by molar-refractivity contribution is 5.68. The molecule has 1 fully saturated rings. The molecule has 19 heavy (non-hydrogen) atoms. The summed E-state index contributed by atoms with van der Waals surface area (Å²) in [4.78, 5) is 4.11. The van der Waals surface area contributed by atoms with Gasteiger partial charge < -0.3 is 5.32 Å². The van der Waals surface area contributed by atoms with Crippen LogP contribution in [0.5, 0.6) is 0 Å². The zero-order chi connectivity index (χ0) is 13.8. The smallest absolute Gasteiger partial charge is 0.365 e. The molecule has 0 amide bonds. The Bertz CT molecular complexity index is 629. The van der Waals surface area contributed by atoms with Crippen LogP contribution in [0.3, 0.4) is 0 Å². The van der Waals surface area contributed by atoms with Crippen LogP contribution in [0.15, 0.2) is 18.5 Å². The van der Waals surface area contributed by atoms with Crippen LogP contribution < -0.4 is 5.32 Å². The van der Waals surface area contributed by atoms with Crippen molar-refractivity contribution >= 4 is 11.3 Å². The van der Waals surface area contributed by atoms with E-state index >= 15 is 0 Å². The van der Waals surface area contributed by atoms with Gasteiger partial charge in [0.25, 0.3) is 0 Å². The quantitative estimate of drug-likeness (QED) is 0.912. The van der Waals surface area contributed by atoms with Gasteiger partial charge in [0.15, 0.2) is 11.5 Å². The van der Waals surface area contributed by atoms with E-state index in [-0.39, 0.29) is 11.5 Å². The molecule has 0 aromatic carbocycles. The Labute approximate surface area is 107 Å². The Morgan fingerprint density at radius 2 is 2.11 bits per heavy atom. The molecule has 102 valence electrons. The van der Waals surface area contributed by atoms with Crippen LogP contribution in [0.1, 0.15) is 26.0 Å². The van der Waals surface area contributed by atoms with Crippen molar-refractivity contribution in [1.29, 1.82) is 0 Å². The van der Waals surface area contributed by atoms with E-state index in [1.807, 2.05) is 0 Å². The van der Waals surface area contributed by atoms with E-state index in [1.54, 1.807) is 0 Å². The molecular weight excluding hydrogens is 257 g/mol.